The first kappa shape index (κ1) is 12.5. The minimum Gasteiger partial charge on any atom is -0.357 e. The van der Waals surface area contributed by atoms with Crippen LogP contribution in [0.2, 0.25) is 0 Å². The third-order valence-corrected chi connectivity index (χ3v) is 5.42. The molecule has 1 aromatic heterocycles. The number of anilines is 1. The molecule has 1 aliphatic carbocycles. The van der Waals surface area contributed by atoms with E-state index in [0.717, 1.165) is 11.1 Å². The van der Waals surface area contributed by atoms with Crippen molar-refractivity contribution in [1.82, 2.24) is 4.98 Å². The summed E-state index contributed by atoms with van der Waals surface area (Å²) in [6.45, 7) is 2.39. The van der Waals surface area contributed by atoms with E-state index in [1.165, 1.54) is 57.2 Å². The standard InChI is InChI=1S/C15H21BrN2/c16-11-13-3-4-14(17-12-13)18-9-7-15(8-10-18)5-1-2-6-15/h3-4,12H,1-2,5-11H2. The summed E-state index contributed by atoms with van der Waals surface area (Å²) in [5.74, 6) is 1.16. The fourth-order valence-electron chi connectivity index (χ4n) is 3.52. The van der Waals surface area contributed by atoms with Gasteiger partial charge in [0.1, 0.15) is 5.82 Å². The Morgan fingerprint density at radius 1 is 1.11 bits per heavy atom. The lowest BCUT2D eigenvalue weighted by Crippen LogP contribution is -2.39. The smallest absolute Gasteiger partial charge is 0.128 e. The van der Waals surface area contributed by atoms with Crippen LogP contribution in [0.5, 0.6) is 0 Å². The first-order valence-electron chi connectivity index (χ1n) is 7.07. The maximum absolute atomic E-state index is 4.58. The van der Waals surface area contributed by atoms with Gasteiger partial charge in [-0.2, -0.15) is 0 Å². The Kier molecular flexibility index (Phi) is 3.60. The molecular weight excluding hydrogens is 288 g/mol. The Labute approximate surface area is 118 Å². The molecule has 0 amide bonds. The molecule has 1 spiro atoms. The predicted octanol–water partition coefficient (Wildman–Crippen LogP) is 4.14. The molecule has 0 N–H and O–H groups in total. The van der Waals surface area contributed by atoms with Gasteiger partial charge in [0.15, 0.2) is 0 Å². The average molecular weight is 309 g/mol. The summed E-state index contributed by atoms with van der Waals surface area (Å²) >= 11 is 3.46. The summed E-state index contributed by atoms with van der Waals surface area (Å²) in [5, 5.41) is 0.892. The molecule has 0 bridgehead atoms. The molecule has 0 radical (unpaired) electrons. The monoisotopic (exact) mass is 308 g/mol. The Hall–Kier alpha value is -0.570. The van der Waals surface area contributed by atoms with Crippen molar-refractivity contribution in [3.05, 3.63) is 23.9 Å². The number of nitrogens with zero attached hydrogens (tertiary/aromatic N) is 2. The third-order valence-electron chi connectivity index (χ3n) is 4.78. The largest absolute Gasteiger partial charge is 0.357 e. The van der Waals surface area contributed by atoms with Gasteiger partial charge in [-0.25, -0.2) is 4.98 Å². The van der Waals surface area contributed by atoms with Crippen LogP contribution in [0.1, 0.15) is 44.1 Å². The van der Waals surface area contributed by atoms with Crippen molar-refractivity contribution < 1.29 is 0 Å². The van der Waals surface area contributed by atoms with Gasteiger partial charge >= 0.3 is 0 Å². The molecule has 0 aromatic carbocycles. The van der Waals surface area contributed by atoms with Crippen molar-refractivity contribution in [2.24, 2.45) is 5.41 Å². The van der Waals surface area contributed by atoms with Crippen LogP contribution in [0.3, 0.4) is 0 Å². The van der Waals surface area contributed by atoms with Crippen molar-refractivity contribution in [3.8, 4) is 0 Å². The van der Waals surface area contributed by atoms with Crippen molar-refractivity contribution >= 4 is 21.7 Å². The van der Waals surface area contributed by atoms with E-state index in [4.69, 9.17) is 0 Å². The summed E-state index contributed by atoms with van der Waals surface area (Å²) in [7, 11) is 0. The van der Waals surface area contributed by atoms with E-state index in [-0.39, 0.29) is 0 Å². The maximum atomic E-state index is 4.58. The van der Waals surface area contributed by atoms with E-state index >= 15 is 0 Å². The van der Waals surface area contributed by atoms with E-state index in [1.54, 1.807) is 0 Å². The quantitative estimate of drug-likeness (QED) is 0.763. The lowest BCUT2D eigenvalue weighted by molar-refractivity contribution is 0.226. The average Bonchev–Trinajstić information content (AvgIpc) is 2.88. The number of hydrogen-bond acceptors (Lipinski definition) is 2. The van der Waals surface area contributed by atoms with Gasteiger partial charge in [0.25, 0.3) is 0 Å². The van der Waals surface area contributed by atoms with Gasteiger partial charge in [0.2, 0.25) is 0 Å². The van der Waals surface area contributed by atoms with E-state index < -0.39 is 0 Å². The van der Waals surface area contributed by atoms with Crippen LogP contribution in [0.4, 0.5) is 5.82 Å². The number of aromatic nitrogens is 1. The number of pyridine rings is 1. The van der Waals surface area contributed by atoms with Gasteiger partial charge in [0, 0.05) is 24.6 Å². The Balaban J connectivity index is 1.64. The SMILES string of the molecule is BrCc1ccc(N2CCC3(CCCC3)CC2)nc1. The zero-order valence-corrected chi connectivity index (χ0v) is 12.5. The Morgan fingerprint density at radius 2 is 1.83 bits per heavy atom. The molecule has 3 rings (SSSR count). The van der Waals surface area contributed by atoms with Gasteiger partial charge in [0.05, 0.1) is 0 Å². The molecule has 1 saturated heterocycles. The highest BCUT2D eigenvalue weighted by Crippen LogP contribution is 2.46. The fraction of sp³-hybridized carbons (Fsp3) is 0.667. The molecule has 2 nitrogen and oxygen atoms in total. The van der Waals surface area contributed by atoms with Crippen LogP contribution < -0.4 is 4.90 Å². The number of alkyl halides is 1. The second kappa shape index (κ2) is 5.20. The number of halogens is 1. The van der Waals surface area contributed by atoms with Crippen LogP contribution in [0.25, 0.3) is 0 Å². The van der Waals surface area contributed by atoms with Gasteiger partial charge in [-0.3, -0.25) is 0 Å². The minimum atomic E-state index is 0.701. The second-order valence-electron chi connectivity index (χ2n) is 5.85. The van der Waals surface area contributed by atoms with E-state index in [2.05, 4.69) is 37.9 Å². The van der Waals surface area contributed by atoms with Crippen LogP contribution in [0.15, 0.2) is 18.3 Å². The van der Waals surface area contributed by atoms with E-state index in [0.29, 0.717) is 5.41 Å². The summed E-state index contributed by atoms with van der Waals surface area (Å²) < 4.78 is 0. The molecular formula is C15H21BrN2. The molecule has 0 unspecified atom stereocenters. The molecule has 1 saturated carbocycles. The number of piperidine rings is 1. The number of rotatable bonds is 2. The lowest BCUT2D eigenvalue weighted by Gasteiger charge is -2.40. The highest BCUT2D eigenvalue weighted by Gasteiger charge is 2.37. The summed E-state index contributed by atoms with van der Waals surface area (Å²) in [5.41, 5.74) is 1.95. The van der Waals surface area contributed by atoms with Gasteiger partial charge in [-0.1, -0.05) is 34.8 Å². The number of hydrogen-bond donors (Lipinski definition) is 0. The van der Waals surface area contributed by atoms with Crippen LogP contribution in [0, 0.1) is 5.41 Å². The summed E-state index contributed by atoms with van der Waals surface area (Å²) in [6, 6.07) is 4.35. The Morgan fingerprint density at radius 3 is 2.39 bits per heavy atom. The molecule has 2 heterocycles. The molecule has 1 aromatic rings. The summed E-state index contributed by atoms with van der Waals surface area (Å²) in [4.78, 5) is 7.04. The first-order valence-corrected chi connectivity index (χ1v) is 8.19. The van der Waals surface area contributed by atoms with Crippen LogP contribution in [-0.4, -0.2) is 18.1 Å². The molecule has 2 fully saturated rings. The van der Waals surface area contributed by atoms with Gasteiger partial charge in [-0.15, -0.1) is 0 Å². The Bertz CT molecular complexity index is 385. The van der Waals surface area contributed by atoms with Crippen LogP contribution >= 0.6 is 15.9 Å². The van der Waals surface area contributed by atoms with E-state index in [1.807, 2.05) is 6.20 Å². The molecule has 18 heavy (non-hydrogen) atoms. The summed E-state index contributed by atoms with van der Waals surface area (Å²) in [6.07, 6.45) is 10.6. The highest BCUT2D eigenvalue weighted by atomic mass is 79.9. The highest BCUT2D eigenvalue weighted by molar-refractivity contribution is 9.08. The van der Waals surface area contributed by atoms with Crippen molar-refractivity contribution in [1.29, 1.82) is 0 Å². The van der Waals surface area contributed by atoms with Gasteiger partial charge < -0.3 is 4.90 Å². The topological polar surface area (TPSA) is 16.1 Å². The second-order valence-corrected chi connectivity index (χ2v) is 6.41. The zero-order chi connectivity index (χ0) is 12.4. The van der Waals surface area contributed by atoms with Crippen molar-refractivity contribution in [2.45, 2.75) is 43.9 Å². The van der Waals surface area contributed by atoms with Gasteiger partial charge in [-0.05, 0) is 42.7 Å². The first-order chi connectivity index (χ1) is 8.81. The molecule has 98 valence electrons. The fourth-order valence-corrected chi connectivity index (χ4v) is 3.85. The maximum Gasteiger partial charge on any atom is 0.128 e. The molecule has 0 atom stereocenters. The normalized spacial score (nSPS) is 22.6. The van der Waals surface area contributed by atoms with Crippen molar-refractivity contribution in [3.63, 3.8) is 0 Å². The predicted molar refractivity (Wildman–Crippen MR) is 79.2 cm³/mol. The molecule has 2 aliphatic rings. The molecule has 3 heteroatoms. The van der Waals surface area contributed by atoms with Crippen LogP contribution in [-0.2, 0) is 5.33 Å². The molecule has 1 aliphatic heterocycles. The van der Waals surface area contributed by atoms with E-state index in [9.17, 15) is 0 Å². The van der Waals surface area contributed by atoms with Crippen molar-refractivity contribution in [2.75, 3.05) is 18.0 Å². The third kappa shape index (κ3) is 2.42. The minimum absolute atomic E-state index is 0.701. The zero-order valence-electron chi connectivity index (χ0n) is 10.9. The lowest BCUT2D eigenvalue weighted by atomic mass is 9.77.